The lowest BCUT2D eigenvalue weighted by Gasteiger charge is -2.28. The molecule has 0 spiro atoms. The van der Waals surface area contributed by atoms with Gasteiger partial charge in [0, 0.05) is 25.4 Å². The zero-order chi connectivity index (χ0) is 10.6. The van der Waals surface area contributed by atoms with Gasteiger partial charge in [-0.2, -0.15) is 0 Å². The van der Waals surface area contributed by atoms with Crippen molar-refractivity contribution >= 4 is 11.7 Å². The van der Waals surface area contributed by atoms with Crippen molar-refractivity contribution in [3.8, 4) is 0 Å². The number of carbonyl (C=O) groups excluding carboxylic acids is 2. The van der Waals surface area contributed by atoms with E-state index in [9.17, 15) is 9.59 Å². The summed E-state index contributed by atoms with van der Waals surface area (Å²) >= 11 is 0. The third-order valence-electron chi connectivity index (χ3n) is 2.68. The molecule has 0 aliphatic carbocycles. The molecular formula is C11H19NO2. The molecule has 0 saturated carbocycles. The molecule has 1 atom stereocenters. The van der Waals surface area contributed by atoms with E-state index in [2.05, 4.69) is 0 Å². The van der Waals surface area contributed by atoms with Gasteiger partial charge in [-0.05, 0) is 26.2 Å². The highest BCUT2D eigenvalue weighted by Gasteiger charge is 2.22. The van der Waals surface area contributed by atoms with E-state index >= 15 is 0 Å². The molecule has 1 aliphatic heterocycles. The van der Waals surface area contributed by atoms with Gasteiger partial charge >= 0.3 is 0 Å². The molecular weight excluding hydrogens is 178 g/mol. The van der Waals surface area contributed by atoms with Crippen molar-refractivity contribution in [2.75, 3.05) is 13.1 Å². The molecule has 0 bridgehead atoms. The molecule has 1 aliphatic rings. The van der Waals surface area contributed by atoms with Crippen LogP contribution in [-0.2, 0) is 9.59 Å². The Morgan fingerprint density at radius 3 is 2.29 bits per heavy atom. The number of piperidine rings is 1. The van der Waals surface area contributed by atoms with E-state index < -0.39 is 0 Å². The zero-order valence-corrected chi connectivity index (χ0v) is 9.08. The molecule has 80 valence electrons. The first-order chi connectivity index (χ1) is 6.61. The van der Waals surface area contributed by atoms with Crippen molar-refractivity contribution in [3.63, 3.8) is 0 Å². The van der Waals surface area contributed by atoms with E-state index in [1.165, 1.54) is 6.42 Å². The number of rotatable bonds is 3. The van der Waals surface area contributed by atoms with Gasteiger partial charge < -0.3 is 9.69 Å². The lowest BCUT2D eigenvalue weighted by atomic mass is 10.0. The van der Waals surface area contributed by atoms with Crippen LogP contribution in [0, 0.1) is 5.92 Å². The lowest BCUT2D eigenvalue weighted by Crippen LogP contribution is -2.39. The van der Waals surface area contributed by atoms with Crippen LogP contribution in [0.15, 0.2) is 0 Å². The normalized spacial score (nSPS) is 19.1. The van der Waals surface area contributed by atoms with Gasteiger partial charge in [-0.25, -0.2) is 0 Å². The van der Waals surface area contributed by atoms with Crippen molar-refractivity contribution in [1.29, 1.82) is 0 Å². The van der Waals surface area contributed by atoms with Gasteiger partial charge in [-0.15, -0.1) is 0 Å². The number of ketones is 1. The molecule has 0 N–H and O–H groups in total. The summed E-state index contributed by atoms with van der Waals surface area (Å²) in [6.07, 6.45) is 3.83. The minimum Gasteiger partial charge on any atom is -0.342 e. The SMILES string of the molecule is CC(=O)CC(C)C(=O)N1CCCCC1. The van der Waals surface area contributed by atoms with Crippen LogP contribution in [0.1, 0.15) is 39.5 Å². The second kappa shape index (κ2) is 5.13. The second-order valence-electron chi connectivity index (χ2n) is 4.19. The van der Waals surface area contributed by atoms with Crippen LogP contribution in [0.3, 0.4) is 0 Å². The Morgan fingerprint density at radius 1 is 1.21 bits per heavy atom. The fourth-order valence-corrected chi connectivity index (χ4v) is 1.94. The molecule has 1 unspecified atom stereocenters. The standard InChI is InChI=1S/C11H19NO2/c1-9(8-10(2)13)11(14)12-6-4-3-5-7-12/h9H,3-8H2,1-2H3. The maximum atomic E-state index is 11.8. The smallest absolute Gasteiger partial charge is 0.225 e. The Bertz CT molecular complexity index is 219. The Kier molecular flexibility index (Phi) is 4.11. The molecule has 1 amide bonds. The van der Waals surface area contributed by atoms with Gasteiger partial charge in [0.25, 0.3) is 0 Å². The molecule has 1 rings (SSSR count). The van der Waals surface area contributed by atoms with Crippen molar-refractivity contribution in [3.05, 3.63) is 0 Å². The first-order valence-electron chi connectivity index (χ1n) is 5.39. The Labute approximate surface area is 85.5 Å². The molecule has 0 radical (unpaired) electrons. The average molecular weight is 197 g/mol. The monoisotopic (exact) mass is 197 g/mol. The maximum absolute atomic E-state index is 11.8. The molecule has 1 saturated heterocycles. The predicted octanol–water partition coefficient (Wildman–Crippen LogP) is 1.61. The van der Waals surface area contributed by atoms with Crippen LogP contribution in [0.2, 0.25) is 0 Å². The van der Waals surface area contributed by atoms with Crippen molar-refractivity contribution in [2.45, 2.75) is 39.5 Å². The molecule has 0 aromatic heterocycles. The van der Waals surface area contributed by atoms with Crippen LogP contribution < -0.4 is 0 Å². The molecule has 1 fully saturated rings. The number of amides is 1. The molecule has 1 heterocycles. The minimum atomic E-state index is -0.134. The zero-order valence-electron chi connectivity index (χ0n) is 9.08. The van der Waals surface area contributed by atoms with E-state index in [1.807, 2.05) is 11.8 Å². The first-order valence-corrected chi connectivity index (χ1v) is 5.39. The number of hydrogen-bond acceptors (Lipinski definition) is 2. The molecule has 3 heteroatoms. The van der Waals surface area contributed by atoms with Crippen LogP contribution in [0.25, 0.3) is 0 Å². The largest absolute Gasteiger partial charge is 0.342 e. The summed E-state index contributed by atoms with van der Waals surface area (Å²) in [5.74, 6) is 0.119. The number of likely N-dealkylation sites (tertiary alicyclic amines) is 1. The second-order valence-corrected chi connectivity index (χ2v) is 4.19. The van der Waals surface area contributed by atoms with Crippen LogP contribution in [0.4, 0.5) is 0 Å². The van der Waals surface area contributed by atoms with Gasteiger partial charge in [-0.3, -0.25) is 4.79 Å². The van der Waals surface area contributed by atoms with E-state index in [0.29, 0.717) is 6.42 Å². The minimum absolute atomic E-state index is 0.0999. The maximum Gasteiger partial charge on any atom is 0.225 e. The quantitative estimate of drug-likeness (QED) is 0.689. The van der Waals surface area contributed by atoms with E-state index in [4.69, 9.17) is 0 Å². The lowest BCUT2D eigenvalue weighted by molar-refractivity contribution is -0.137. The van der Waals surface area contributed by atoms with Gasteiger partial charge in [0.15, 0.2) is 0 Å². The van der Waals surface area contributed by atoms with E-state index in [1.54, 1.807) is 6.92 Å². The van der Waals surface area contributed by atoms with Gasteiger partial charge in [0.1, 0.15) is 5.78 Å². The van der Waals surface area contributed by atoms with Crippen molar-refractivity contribution in [2.24, 2.45) is 5.92 Å². The van der Waals surface area contributed by atoms with Crippen LogP contribution >= 0.6 is 0 Å². The summed E-state index contributed by atoms with van der Waals surface area (Å²) in [5.41, 5.74) is 0. The topological polar surface area (TPSA) is 37.4 Å². The summed E-state index contributed by atoms with van der Waals surface area (Å²) in [6, 6.07) is 0. The van der Waals surface area contributed by atoms with Gasteiger partial charge in [-0.1, -0.05) is 6.92 Å². The fraction of sp³-hybridized carbons (Fsp3) is 0.818. The highest BCUT2D eigenvalue weighted by molar-refractivity contribution is 5.85. The van der Waals surface area contributed by atoms with Gasteiger partial charge in [0.05, 0.1) is 0 Å². The van der Waals surface area contributed by atoms with Crippen LogP contribution in [-0.4, -0.2) is 29.7 Å². The van der Waals surface area contributed by atoms with E-state index in [-0.39, 0.29) is 17.6 Å². The molecule has 0 aromatic carbocycles. The molecule has 3 nitrogen and oxygen atoms in total. The van der Waals surface area contributed by atoms with E-state index in [0.717, 1.165) is 25.9 Å². The number of carbonyl (C=O) groups is 2. The highest BCUT2D eigenvalue weighted by Crippen LogP contribution is 2.14. The van der Waals surface area contributed by atoms with Crippen molar-refractivity contribution < 1.29 is 9.59 Å². The summed E-state index contributed by atoms with van der Waals surface area (Å²) in [6.45, 7) is 5.14. The molecule has 0 aromatic rings. The number of hydrogen-bond donors (Lipinski definition) is 0. The summed E-state index contributed by atoms with van der Waals surface area (Å²) in [4.78, 5) is 24.6. The summed E-state index contributed by atoms with van der Waals surface area (Å²) in [5, 5.41) is 0. The fourth-order valence-electron chi connectivity index (χ4n) is 1.94. The van der Waals surface area contributed by atoms with Gasteiger partial charge in [0.2, 0.25) is 5.91 Å². The third-order valence-corrected chi connectivity index (χ3v) is 2.68. The number of Topliss-reactive ketones (excluding diaryl/α,β-unsaturated/α-hetero) is 1. The average Bonchev–Trinajstić information content (AvgIpc) is 2.17. The Balaban J connectivity index is 2.42. The summed E-state index contributed by atoms with van der Waals surface area (Å²) in [7, 11) is 0. The Hall–Kier alpha value is -0.860. The van der Waals surface area contributed by atoms with Crippen molar-refractivity contribution in [1.82, 2.24) is 4.90 Å². The highest BCUT2D eigenvalue weighted by atomic mass is 16.2. The predicted molar refractivity (Wildman–Crippen MR) is 54.9 cm³/mol. The first kappa shape index (κ1) is 11.2. The number of nitrogens with zero attached hydrogens (tertiary/aromatic N) is 1. The third kappa shape index (κ3) is 3.13. The van der Waals surface area contributed by atoms with Crippen LogP contribution in [0.5, 0.6) is 0 Å². The molecule has 14 heavy (non-hydrogen) atoms. The summed E-state index contributed by atoms with van der Waals surface area (Å²) < 4.78 is 0. The Morgan fingerprint density at radius 2 is 1.79 bits per heavy atom.